The molecule has 0 saturated heterocycles. The summed E-state index contributed by atoms with van der Waals surface area (Å²) in [7, 11) is -1.74. The third kappa shape index (κ3) is 2.17. The largest absolute Gasteiger partial charge is 0.243 e. The third-order valence-corrected chi connectivity index (χ3v) is 5.32. The van der Waals surface area contributed by atoms with Crippen molar-refractivity contribution in [1.82, 2.24) is 4.31 Å². The highest BCUT2D eigenvalue weighted by Crippen LogP contribution is 2.32. The van der Waals surface area contributed by atoms with Crippen molar-refractivity contribution in [3.8, 4) is 0 Å². The molecule has 2 aromatic carbocycles. The van der Waals surface area contributed by atoms with Crippen LogP contribution >= 0.6 is 0 Å². The van der Waals surface area contributed by atoms with Gasteiger partial charge in [0.2, 0.25) is 10.0 Å². The Bertz CT molecular complexity index is 764. The van der Waals surface area contributed by atoms with Gasteiger partial charge in [0.15, 0.2) is 0 Å². The van der Waals surface area contributed by atoms with Gasteiger partial charge in [-0.05, 0) is 28.8 Å². The van der Waals surface area contributed by atoms with Crippen LogP contribution in [-0.4, -0.2) is 26.3 Å². The van der Waals surface area contributed by atoms with Gasteiger partial charge in [-0.2, -0.15) is 4.31 Å². The Morgan fingerprint density at radius 2 is 1.65 bits per heavy atom. The number of nitrogens with zero attached hydrogens (tertiary/aromatic N) is 1. The molecule has 0 atom stereocenters. The topological polar surface area (TPSA) is 37.4 Å². The second-order valence-electron chi connectivity index (χ2n) is 4.84. The van der Waals surface area contributed by atoms with E-state index in [-0.39, 0.29) is 0 Å². The third-order valence-electron chi connectivity index (χ3n) is 3.45. The van der Waals surface area contributed by atoms with E-state index in [1.165, 1.54) is 4.31 Å². The molecule has 0 fully saturated rings. The lowest BCUT2D eigenvalue weighted by Gasteiger charge is -2.27. The number of benzene rings is 2. The van der Waals surface area contributed by atoms with Crippen molar-refractivity contribution < 1.29 is 8.42 Å². The summed E-state index contributed by atoms with van der Waals surface area (Å²) < 4.78 is 26.0. The lowest BCUT2D eigenvalue weighted by Crippen LogP contribution is -2.33. The minimum atomic E-state index is -3.35. The zero-order chi connectivity index (χ0) is 14.2. The van der Waals surface area contributed by atoms with E-state index in [2.05, 4.69) is 0 Å². The molecule has 0 aliphatic carbocycles. The van der Waals surface area contributed by atoms with Crippen molar-refractivity contribution in [2.24, 2.45) is 0 Å². The highest BCUT2D eigenvalue weighted by Gasteiger charge is 2.30. The van der Waals surface area contributed by atoms with Gasteiger partial charge in [-0.3, -0.25) is 0 Å². The van der Waals surface area contributed by atoms with Crippen molar-refractivity contribution in [3.05, 3.63) is 65.7 Å². The number of hydrogen-bond acceptors (Lipinski definition) is 2. The predicted octanol–water partition coefficient (Wildman–Crippen LogP) is 2.86. The predicted molar refractivity (Wildman–Crippen MR) is 80.6 cm³/mol. The maximum atomic E-state index is 12.3. The van der Waals surface area contributed by atoms with E-state index in [0.717, 1.165) is 16.7 Å². The van der Waals surface area contributed by atoms with Gasteiger partial charge in [-0.15, -0.1) is 0 Å². The first-order valence-corrected chi connectivity index (χ1v) is 7.84. The lowest BCUT2D eigenvalue weighted by atomic mass is 10.0. The Labute approximate surface area is 119 Å². The SMILES string of the molecule is CN1C/C(=C\c2ccccc2)c2ccccc2S1(=O)=O. The van der Waals surface area contributed by atoms with Crippen molar-refractivity contribution in [3.63, 3.8) is 0 Å². The van der Waals surface area contributed by atoms with Crippen molar-refractivity contribution >= 4 is 21.7 Å². The van der Waals surface area contributed by atoms with Crippen LogP contribution in [0.4, 0.5) is 0 Å². The molecule has 3 rings (SSSR count). The first kappa shape index (κ1) is 13.1. The smallest absolute Gasteiger partial charge is 0.207 e. The molecule has 0 amide bonds. The molecule has 0 spiro atoms. The summed E-state index contributed by atoms with van der Waals surface area (Å²) in [6.45, 7) is 0.397. The summed E-state index contributed by atoms with van der Waals surface area (Å²) in [5, 5.41) is 0. The van der Waals surface area contributed by atoms with Crippen LogP contribution in [0.5, 0.6) is 0 Å². The van der Waals surface area contributed by atoms with Crippen LogP contribution in [-0.2, 0) is 10.0 Å². The van der Waals surface area contributed by atoms with E-state index < -0.39 is 10.0 Å². The molecule has 0 unspecified atom stereocenters. The lowest BCUT2D eigenvalue weighted by molar-refractivity contribution is 0.496. The molecular weight excluding hydrogens is 270 g/mol. The number of hydrogen-bond donors (Lipinski definition) is 0. The maximum absolute atomic E-state index is 12.3. The van der Waals surface area contributed by atoms with Crippen molar-refractivity contribution in [1.29, 1.82) is 0 Å². The van der Waals surface area contributed by atoms with Crippen LogP contribution in [0.2, 0.25) is 0 Å². The second-order valence-corrected chi connectivity index (χ2v) is 6.85. The average molecular weight is 285 g/mol. The summed E-state index contributed by atoms with van der Waals surface area (Å²) in [5.41, 5.74) is 2.89. The molecule has 4 heteroatoms. The number of rotatable bonds is 1. The molecule has 2 aromatic rings. The highest BCUT2D eigenvalue weighted by atomic mass is 32.2. The standard InChI is InChI=1S/C16H15NO2S/c1-17-12-14(11-13-7-3-2-4-8-13)15-9-5-6-10-16(15)20(17,18)19/h2-11H,12H2,1H3/b14-11+. The van der Waals surface area contributed by atoms with E-state index in [0.29, 0.717) is 11.4 Å². The fourth-order valence-corrected chi connectivity index (χ4v) is 3.78. The summed E-state index contributed by atoms with van der Waals surface area (Å²) in [6.07, 6.45) is 2.05. The summed E-state index contributed by atoms with van der Waals surface area (Å²) >= 11 is 0. The molecule has 0 bridgehead atoms. The Kier molecular flexibility index (Phi) is 3.20. The van der Waals surface area contributed by atoms with Crippen LogP contribution in [0.1, 0.15) is 11.1 Å². The van der Waals surface area contributed by atoms with E-state index in [4.69, 9.17) is 0 Å². The van der Waals surface area contributed by atoms with Gasteiger partial charge in [0.25, 0.3) is 0 Å². The van der Waals surface area contributed by atoms with Gasteiger partial charge in [0.05, 0.1) is 4.90 Å². The molecular formula is C16H15NO2S. The molecule has 0 saturated carbocycles. The molecule has 20 heavy (non-hydrogen) atoms. The van der Waals surface area contributed by atoms with Gasteiger partial charge in [0, 0.05) is 13.6 Å². The van der Waals surface area contributed by atoms with Crippen molar-refractivity contribution in [2.45, 2.75) is 4.90 Å². The highest BCUT2D eigenvalue weighted by molar-refractivity contribution is 7.89. The minimum absolute atomic E-state index is 0.385. The summed E-state index contributed by atoms with van der Waals surface area (Å²) in [4.78, 5) is 0.385. The van der Waals surface area contributed by atoms with E-state index in [1.807, 2.05) is 48.5 Å². The zero-order valence-electron chi connectivity index (χ0n) is 11.2. The zero-order valence-corrected chi connectivity index (χ0v) is 12.0. The quantitative estimate of drug-likeness (QED) is 0.808. The van der Waals surface area contributed by atoms with Crippen molar-refractivity contribution in [2.75, 3.05) is 13.6 Å². The van der Waals surface area contributed by atoms with Gasteiger partial charge in [-0.1, -0.05) is 48.5 Å². The van der Waals surface area contributed by atoms with Gasteiger partial charge in [0.1, 0.15) is 0 Å². The number of sulfonamides is 1. The fourth-order valence-electron chi connectivity index (χ4n) is 2.41. The fraction of sp³-hybridized carbons (Fsp3) is 0.125. The minimum Gasteiger partial charge on any atom is -0.207 e. The Morgan fingerprint density at radius 3 is 2.40 bits per heavy atom. The monoisotopic (exact) mass is 285 g/mol. The average Bonchev–Trinajstić information content (AvgIpc) is 2.46. The molecule has 1 aliphatic rings. The van der Waals surface area contributed by atoms with Gasteiger partial charge in [-0.25, -0.2) is 8.42 Å². The maximum Gasteiger partial charge on any atom is 0.243 e. The normalized spacial score (nSPS) is 19.8. The first-order valence-electron chi connectivity index (χ1n) is 6.40. The van der Waals surface area contributed by atoms with Crippen LogP contribution in [0.3, 0.4) is 0 Å². The molecule has 0 radical (unpaired) electrons. The van der Waals surface area contributed by atoms with E-state index >= 15 is 0 Å². The van der Waals surface area contributed by atoms with E-state index in [1.54, 1.807) is 19.2 Å². The molecule has 3 nitrogen and oxygen atoms in total. The molecule has 102 valence electrons. The summed E-state index contributed by atoms with van der Waals surface area (Å²) in [6, 6.07) is 17.1. The molecule has 1 aliphatic heterocycles. The summed E-state index contributed by atoms with van der Waals surface area (Å²) in [5.74, 6) is 0. The van der Waals surface area contributed by atoms with E-state index in [9.17, 15) is 8.42 Å². The number of likely N-dealkylation sites (N-methyl/N-ethyl adjacent to an activating group) is 1. The Balaban J connectivity index is 2.18. The Hall–Kier alpha value is -1.91. The van der Waals surface area contributed by atoms with Crippen LogP contribution in [0.25, 0.3) is 11.6 Å². The molecule has 1 heterocycles. The van der Waals surface area contributed by atoms with Crippen LogP contribution < -0.4 is 0 Å². The molecule has 0 N–H and O–H groups in total. The van der Waals surface area contributed by atoms with Gasteiger partial charge >= 0.3 is 0 Å². The Morgan fingerprint density at radius 1 is 1.00 bits per heavy atom. The van der Waals surface area contributed by atoms with Gasteiger partial charge < -0.3 is 0 Å². The number of fused-ring (bicyclic) bond motifs is 1. The van der Waals surface area contributed by atoms with Crippen LogP contribution in [0, 0.1) is 0 Å². The molecule has 0 aromatic heterocycles. The second kappa shape index (κ2) is 4.89. The van der Waals surface area contributed by atoms with Crippen LogP contribution in [0.15, 0.2) is 59.5 Å². The first-order chi connectivity index (χ1) is 9.59.